The number of fused-ring (bicyclic) bond motifs is 1. The summed E-state index contributed by atoms with van der Waals surface area (Å²) in [5, 5.41) is 20.2. The van der Waals surface area contributed by atoms with Crippen LogP contribution in [0.4, 0.5) is 5.69 Å². The topological polar surface area (TPSA) is 124 Å². The number of halogens is 4. The van der Waals surface area contributed by atoms with Gasteiger partial charge in [-0.1, -0.05) is 46.4 Å². The number of carboxylic acids is 1. The van der Waals surface area contributed by atoms with Crippen molar-refractivity contribution in [3.8, 4) is 5.75 Å². The number of imide groups is 1. The highest BCUT2D eigenvalue weighted by atomic mass is 35.5. The minimum atomic E-state index is -1.35. The molecule has 0 saturated carbocycles. The molecule has 1 unspecified atom stereocenters. The summed E-state index contributed by atoms with van der Waals surface area (Å²) in [6.07, 6.45) is 0. The van der Waals surface area contributed by atoms with Gasteiger partial charge in [0, 0.05) is 0 Å². The van der Waals surface area contributed by atoms with Crippen molar-refractivity contribution < 1.29 is 29.4 Å². The molecule has 2 aromatic rings. The summed E-state index contributed by atoms with van der Waals surface area (Å²) in [4.78, 5) is 49.8. The van der Waals surface area contributed by atoms with Crippen molar-refractivity contribution in [2.75, 3.05) is 5.32 Å². The molecule has 1 atom stereocenters. The van der Waals surface area contributed by atoms with Gasteiger partial charge in [-0.15, -0.1) is 0 Å². The molecule has 3 amide bonds. The number of carbonyl (C=O) groups excluding carboxylic acids is 3. The minimum Gasteiger partial charge on any atom is -0.506 e. The molecule has 1 aliphatic heterocycles. The molecule has 12 heteroatoms. The molecule has 0 aromatic heterocycles. The van der Waals surface area contributed by atoms with Crippen LogP contribution in [0.2, 0.25) is 20.1 Å². The number of anilines is 1. The van der Waals surface area contributed by atoms with E-state index in [9.17, 15) is 24.3 Å². The van der Waals surface area contributed by atoms with Gasteiger partial charge < -0.3 is 15.5 Å². The van der Waals surface area contributed by atoms with Gasteiger partial charge >= 0.3 is 5.97 Å². The lowest BCUT2D eigenvalue weighted by atomic mass is 10.1. The number of nitrogens with zero attached hydrogens (tertiary/aromatic N) is 1. The zero-order valence-corrected chi connectivity index (χ0v) is 17.8. The van der Waals surface area contributed by atoms with E-state index in [0.29, 0.717) is 4.90 Å². The molecule has 1 aliphatic rings. The molecule has 3 N–H and O–H groups in total. The van der Waals surface area contributed by atoms with Gasteiger partial charge in [0.1, 0.15) is 11.8 Å². The maximum Gasteiger partial charge on any atom is 0.335 e. The fraction of sp³-hybridized carbons (Fsp3) is 0.111. The average Bonchev–Trinajstić information content (AvgIpc) is 2.95. The van der Waals surface area contributed by atoms with Crippen LogP contribution in [0.15, 0.2) is 18.2 Å². The molecule has 0 fully saturated rings. The Labute approximate surface area is 188 Å². The van der Waals surface area contributed by atoms with E-state index in [1.165, 1.54) is 13.0 Å². The van der Waals surface area contributed by atoms with Gasteiger partial charge in [-0.2, -0.15) is 0 Å². The molecule has 0 aliphatic carbocycles. The highest BCUT2D eigenvalue weighted by Crippen LogP contribution is 2.45. The number of hydrogen-bond acceptors (Lipinski definition) is 5. The number of phenols is 1. The molecule has 156 valence electrons. The fourth-order valence-electron chi connectivity index (χ4n) is 2.84. The normalized spacial score (nSPS) is 14.0. The third kappa shape index (κ3) is 3.45. The Kier molecular flexibility index (Phi) is 5.88. The van der Waals surface area contributed by atoms with Crippen LogP contribution in [0.5, 0.6) is 5.75 Å². The number of aromatic carboxylic acids is 1. The molecular formula is C18H10Cl4N2O6. The first kappa shape index (κ1) is 22.2. The van der Waals surface area contributed by atoms with Crippen molar-refractivity contribution in [3.05, 3.63) is 55.0 Å². The summed E-state index contributed by atoms with van der Waals surface area (Å²) < 4.78 is 0. The predicted molar refractivity (Wildman–Crippen MR) is 110 cm³/mol. The van der Waals surface area contributed by atoms with E-state index >= 15 is 0 Å². The molecule has 0 saturated heterocycles. The molecule has 0 spiro atoms. The Morgan fingerprint density at radius 2 is 1.47 bits per heavy atom. The van der Waals surface area contributed by atoms with Gasteiger partial charge in [0.15, 0.2) is 0 Å². The zero-order valence-electron chi connectivity index (χ0n) is 14.8. The number of benzene rings is 2. The molecule has 2 aromatic carbocycles. The minimum absolute atomic E-state index is 0.115. The van der Waals surface area contributed by atoms with Gasteiger partial charge in [0.25, 0.3) is 11.8 Å². The third-order valence-electron chi connectivity index (χ3n) is 4.40. The van der Waals surface area contributed by atoms with E-state index in [4.69, 9.17) is 51.5 Å². The van der Waals surface area contributed by atoms with Crippen molar-refractivity contribution in [1.29, 1.82) is 0 Å². The molecular weight excluding hydrogens is 482 g/mol. The Balaban J connectivity index is 1.91. The van der Waals surface area contributed by atoms with E-state index in [0.717, 1.165) is 12.1 Å². The van der Waals surface area contributed by atoms with E-state index in [1.807, 2.05) is 0 Å². The van der Waals surface area contributed by atoms with Gasteiger partial charge in [-0.05, 0) is 25.1 Å². The number of rotatable bonds is 4. The van der Waals surface area contributed by atoms with Crippen molar-refractivity contribution in [1.82, 2.24) is 4.90 Å². The maximum atomic E-state index is 12.8. The van der Waals surface area contributed by atoms with Crippen LogP contribution < -0.4 is 5.32 Å². The first-order valence-corrected chi connectivity index (χ1v) is 9.59. The van der Waals surface area contributed by atoms with Gasteiger partial charge in [-0.25, -0.2) is 4.79 Å². The summed E-state index contributed by atoms with van der Waals surface area (Å²) in [7, 11) is 0. The van der Waals surface area contributed by atoms with Crippen LogP contribution >= 0.6 is 46.4 Å². The van der Waals surface area contributed by atoms with Crippen LogP contribution in [-0.2, 0) is 4.79 Å². The van der Waals surface area contributed by atoms with E-state index in [2.05, 4.69) is 5.32 Å². The second-order valence-corrected chi connectivity index (χ2v) is 7.70. The Bertz CT molecular complexity index is 1100. The zero-order chi connectivity index (χ0) is 22.5. The summed E-state index contributed by atoms with van der Waals surface area (Å²) in [6, 6.07) is 1.92. The van der Waals surface area contributed by atoms with Crippen LogP contribution in [0.1, 0.15) is 38.0 Å². The second kappa shape index (κ2) is 7.96. The summed E-state index contributed by atoms with van der Waals surface area (Å²) in [6.45, 7) is 1.27. The Morgan fingerprint density at radius 1 is 0.967 bits per heavy atom. The second-order valence-electron chi connectivity index (χ2n) is 6.19. The van der Waals surface area contributed by atoms with Crippen LogP contribution in [0, 0.1) is 0 Å². The summed E-state index contributed by atoms with van der Waals surface area (Å²) in [5.41, 5.74) is -0.851. The van der Waals surface area contributed by atoms with Crippen molar-refractivity contribution in [2.45, 2.75) is 13.0 Å². The lowest BCUT2D eigenvalue weighted by molar-refractivity contribution is -0.119. The SMILES string of the molecule is CC(C(=O)Nc1ccc(C(=O)O)cc1O)N1C(=O)c2c(Cl)c(Cl)c(Cl)c(Cl)c2C1=O. The quantitative estimate of drug-likeness (QED) is 0.253. The molecule has 0 bridgehead atoms. The fourth-order valence-corrected chi connectivity index (χ4v) is 3.86. The first-order valence-electron chi connectivity index (χ1n) is 8.08. The van der Waals surface area contributed by atoms with E-state index < -0.39 is 35.5 Å². The average molecular weight is 492 g/mol. The Morgan fingerprint density at radius 3 is 1.90 bits per heavy atom. The summed E-state index contributed by atoms with van der Waals surface area (Å²) >= 11 is 24.0. The van der Waals surface area contributed by atoms with Gasteiger partial charge in [0.2, 0.25) is 5.91 Å². The number of aromatic hydroxyl groups is 1. The number of amides is 3. The molecule has 3 rings (SSSR count). The molecule has 0 radical (unpaired) electrons. The Hall–Kier alpha value is -2.52. The lowest BCUT2D eigenvalue weighted by Gasteiger charge is -2.22. The van der Waals surface area contributed by atoms with Crippen LogP contribution in [-0.4, -0.2) is 44.8 Å². The maximum absolute atomic E-state index is 12.8. The van der Waals surface area contributed by atoms with Gasteiger partial charge in [-0.3, -0.25) is 19.3 Å². The van der Waals surface area contributed by atoms with Crippen molar-refractivity contribution in [3.63, 3.8) is 0 Å². The molecule has 30 heavy (non-hydrogen) atoms. The summed E-state index contributed by atoms with van der Waals surface area (Å²) in [5.74, 6) is -4.41. The van der Waals surface area contributed by atoms with Crippen LogP contribution in [0.3, 0.4) is 0 Å². The number of phenolic OH excluding ortho intramolecular Hbond substituents is 1. The van der Waals surface area contributed by atoms with E-state index in [1.54, 1.807) is 0 Å². The largest absolute Gasteiger partial charge is 0.506 e. The standard InChI is InChI=1S/C18H10Cl4N2O6/c1-5(15(26)23-7-3-2-6(18(29)30)4-8(7)25)24-16(27)9-10(17(24)28)12(20)14(22)13(21)11(9)19/h2-5,25H,1H3,(H,23,26)(H,29,30). The number of nitrogens with one attached hydrogen (secondary N) is 1. The van der Waals surface area contributed by atoms with Crippen molar-refractivity contribution >= 4 is 75.8 Å². The lowest BCUT2D eigenvalue weighted by Crippen LogP contribution is -2.45. The predicted octanol–water partition coefficient (Wildman–Crippen LogP) is 4.33. The van der Waals surface area contributed by atoms with Gasteiger partial charge in [0.05, 0.1) is 42.5 Å². The van der Waals surface area contributed by atoms with E-state index in [-0.39, 0.29) is 42.5 Å². The van der Waals surface area contributed by atoms with Crippen molar-refractivity contribution in [2.24, 2.45) is 0 Å². The smallest absolute Gasteiger partial charge is 0.335 e. The highest BCUT2D eigenvalue weighted by molar-refractivity contribution is 6.55. The highest BCUT2D eigenvalue weighted by Gasteiger charge is 2.45. The molecule has 1 heterocycles. The third-order valence-corrected chi connectivity index (χ3v) is 6.20. The first-order chi connectivity index (χ1) is 14.0. The monoisotopic (exact) mass is 490 g/mol. The van der Waals surface area contributed by atoms with Crippen LogP contribution in [0.25, 0.3) is 0 Å². The number of carbonyl (C=O) groups is 4. The molecule has 8 nitrogen and oxygen atoms in total. The number of carboxylic acid groups (broad SMARTS) is 1. The number of hydrogen-bond donors (Lipinski definition) is 3.